The quantitative estimate of drug-likeness (QED) is 0.715. The summed E-state index contributed by atoms with van der Waals surface area (Å²) in [6.45, 7) is 10.1. The molecule has 1 aliphatic heterocycles. The first-order chi connectivity index (χ1) is 11.9. The average molecular weight is 346 g/mol. The molecule has 5 aliphatic rings. The monoisotopic (exact) mass is 346 g/mol. The third-order valence-electron chi connectivity index (χ3n) is 7.48. The second-order valence-corrected chi connectivity index (χ2v) is 8.05. The van der Waals surface area contributed by atoms with Gasteiger partial charge in [-0.2, -0.15) is 0 Å². The van der Waals surface area contributed by atoms with Gasteiger partial charge in [-0.3, -0.25) is 9.59 Å². The Labute approximate surface area is 148 Å². The summed E-state index contributed by atoms with van der Waals surface area (Å²) in [6, 6.07) is 0. The Morgan fingerprint density at radius 1 is 1.40 bits per heavy atom. The first-order valence-electron chi connectivity index (χ1n) is 8.95. The number of ether oxygens (including phenoxy) is 3. The summed E-state index contributed by atoms with van der Waals surface area (Å²) in [6.07, 6.45) is 4.17. The molecule has 0 radical (unpaired) electrons. The summed E-state index contributed by atoms with van der Waals surface area (Å²) >= 11 is 0. The molecular weight excluding hydrogens is 320 g/mol. The molecule has 1 heterocycles. The minimum Gasteiger partial charge on any atom is -0.369 e. The van der Waals surface area contributed by atoms with Crippen LogP contribution in [0.25, 0.3) is 0 Å². The zero-order valence-electron chi connectivity index (χ0n) is 15.2. The summed E-state index contributed by atoms with van der Waals surface area (Å²) in [7, 11) is 3.07. The number of allylic oxidation sites excluding steroid dienone is 1. The molecule has 1 saturated heterocycles. The fourth-order valence-corrected chi connectivity index (χ4v) is 6.84. The van der Waals surface area contributed by atoms with Crippen LogP contribution in [0.3, 0.4) is 0 Å². The smallest absolute Gasteiger partial charge is 0.236 e. The van der Waals surface area contributed by atoms with E-state index in [0.717, 1.165) is 18.4 Å². The molecule has 0 spiro atoms. The van der Waals surface area contributed by atoms with E-state index in [1.807, 2.05) is 6.08 Å². The molecule has 136 valence electrons. The van der Waals surface area contributed by atoms with Gasteiger partial charge in [0.15, 0.2) is 0 Å². The lowest BCUT2D eigenvalue weighted by Gasteiger charge is -2.68. The molecule has 0 amide bonds. The van der Waals surface area contributed by atoms with E-state index in [0.29, 0.717) is 13.0 Å². The Morgan fingerprint density at radius 3 is 2.68 bits per heavy atom. The van der Waals surface area contributed by atoms with Crippen molar-refractivity contribution in [2.75, 3.05) is 20.8 Å². The van der Waals surface area contributed by atoms with Crippen molar-refractivity contribution in [2.45, 2.75) is 37.6 Å². The van der Waals surface area contributed by atoms with E-state index in [1.165, 1.54) is 7.11 Å². The van der Waals surface area contributed by atoms with E-state index < -0.39 is 11.4 Å². The highest BCUT2D eigenvalue weighted by Gasteiger charge is 2.85. The summed E-state index contributed by atoms with van der Waals surface area (Å²) in [4.78, 5) is 26.4. The number of rotatable bonds is 5. The number of Topliss-reactive ketones (excluding diaryl/α,β-unsaturated/α-hetero) is 2. The lowest BCUT2D eigenvalue weighted by atomic mass is 9.36. The predicted molar refractivity (Wildman–Crippen MR) is 90.7 cm³/mol. The van der Waals surface area contributed by atoms with Gasteiger partial charge in [0.25, 0.3) is 0 Å². The number of ketones is 2. The van der Waals surface area contributed by atoms with Gasteiger partial charge in [-0.15, -0.1) is 6.58 Å². The van der Waals surface area contributed by atoms with Crippen molar-refractivity contribution in [3.8, 4) is 0 Å². The maximum absolute atomic E-state index is 13.7. The van der Waals surface area contributed by atoms with Crippen molar-refractivity contribution in [3.05, 3.63) is 24.8 Å². The molecule has 0 aromatic carbocycles. The third kappa shape index (κ3) is 1.57. The fraction of sp³-hybridized carbons (Fsp3) is 0.700. The second kappa shape index (κ2) is 5.12. The van der Waals surface area contributed by atoms with E-state index in [9.17, 15) is 9.59 Å². The van der Waals surface area contributed by atoms with Gasteiger partial charge in [0.1, 0.15) is 11.4 Å². The summed E-state index contributed by atoms with van der Waals surface area (Å²) in [5.74, 6) is -2.54. The molecule has 0 unspecified atom stereocenters. The van der Waals surface area contributed by atoms with Crippen molar-refractivity contribution in [1.82, 2.24) is 0 Å². The first kappa shape index (κ1) is 17.1. The molecule has 0 N–H and O–H groups in total. The SMILES string of the molecule is C=CC[C@]12CO[C@]3(OC)C(=O)[C@@]4(OC)[C@H](C(=C)CC[C@@H]14)[C@H](C(C)=O)[C@@H]32. The van der Waals surface area contributed by atoms with Crippen molar-refractivity contribution in [3.63, 3.8) is 0 Å². The number of hydrogen-bond donors (Lipinski definition) is 0. The Kier molecular flexibility index (Phi) is 3.51. The maximum atomic E-state index is 13.7. The van der Waals surface area contributed by atoms with Crippen LogP contribution in [0.15, 0.2) is 24.8 Å². The van der Waals surface area contributed by atoms with E-state index >= 15 is 0 Å². The number of hydrogen-bond acceptors (Lipinski definition) is 5. The van der Waals surface area contributed by atoms with Crippen molar-refractivity contribution < 1.29 is 23.8 Å². The minimum atomic E-state index is -1.40. The Balaban J connectivity index is 2.06. The van der Waals surface area contributed by atoms with Gasteiger partial charge in [-0.05, 0) is 26.2 Å². The van der Waals surface area contributed by atoms with Crippen LogP contribution in [0, 0.1) is 29.1 Å². The van der Waals surface area contributed by atoms with Crippen molar-refractivity contribution in [2.24, 2.45) is 29.1 Å². The van der Waals surface area contributed by atoms with Gasteiger partial charge in [0.05, 0.1) is 6.61 Å². The lowest BCUT2D eigenvalue weighted by molar-refractivity contribution is -0.292. The van der Waals surface area contributed by atoms with Crippen LogP contribution >= 0.6 is 0 Å². The Bertz CT molecular complexity index is 684. The maximum Gasteiger partial charge on any atom is 0.236 e. The Morgan fingerprint density at radius 2 is 2.12 bits per heavy atom. The highest BCUT2D eigenvalue weighted by molar-refractivity contribution is 6.01. The van der Waals surface area contributed by atoms with Crippen LogP contribution in [0.4, 0.5) is 0 Å². The topological polar surface area (TPSA) is 61.8 Å². The second-order valence-electron chi connectivity index (χ2n) is 8.05. The number of carbonyl (C=O) groups excluding carboxylic acids is 2. The van der Waals surface area contributed by atoms with Crippen molar-refractivity contribution >= 4 is 11.6 Å². The molecule has 5 heteroatoms. The third-order valence-corrected chi connectivity index (χ3v) is 7.48. The molecule has 5 nitrogen and oxygen atoms in total. The zero-order chi connectivity index (χ0) is 18.2. The van der Waals surface area contributed by atoms with Gasteiger partial charge in [-0.1, -0.05) is 18.2 Å². The molecular formula is C20H26O5. The van der Waals surface area contributed by atoms with E-state index in [2.05, 4.69) is 13.2 Å². The van der Waals surface area contributed by atoms with Crippen LogP contribution in [0.5, 0.6) is 0 Å². The van der Waals surface area contributed by atoms with Gasteiger partial charge in [-0.25, -0.2) is 0 Å². The van der Waals surface area contributed by atoms with Crippen molar-refractivity contribution in [1.29, 1.82) is 0 Å². The molecule has 25 heavy (non-hydrogen) atoms. The first-order valence-corrected chi connectivity index (χ1v) is 8.95. The van der Waals surface area contributed by atoms with E-state index in [4.69, 9.17) is 14.2 Å². The van der Waals surface area contributed by atoms with Gasteiger partial charge in [0.2, 0.25) is 11.6 Å². The van der Waals surface area contributed by atoms with Gasteiger partial charge < -0.3 is 14.2 Å². The fourth-order valence-electron chi connectivity index (χ4n) is 6.84. The van der Waals surface area contributed by atoms with E-state index in [1.54, 1.807) is 14.0 Å². The van der Waals surface area contributed by atoms with Crippen LogP contribution < -0.4 is 0 Å². The number of methoxy groups -OCH3 is 2. The van der Waals surface area contributed by atoms with Gasteiger partial charge >= 0.3 is 0 Å². The molecule has 4 saturated carbocycles. The number of carbonyl (C=O) groups is 2. The van der Waals surface area contributed by atoms with E-state index in [-0.39, 0.29) is 40.7 Å². The summed E-state index contributed by atoms with van der Waals surface area (Å²) < 4.78 is 17.8. The molecule has 0 aromatic heterocycles. The highest BCUT2D eigenvalue weighted by atomic mass is 16.7. The molecule has 5 fully saturated rings. The normalized spacial score (nSPS) is 50.2. The molecule has 7 atom stereocenters. The van der Waals surface area contributed by atoms with Crippen LogP contribution in [-0.4, -0.2) is 43.8 Å². The lowest BCUT2D eigenvalue weighted by Crippen LogP contribution is -2.80. The van der Waals surface area contributed by atoms with Crippen LogP contribution in [-0.2, 0) is 23.8 Å². The molecule has 5 rings (SSSR count). The summed E-state index contributed by atoms with van der Waals surface area (Å²) in [5.41, 5.74) is -0.527. The minimum absolute atomic E-state index is 0.0163. The Hall–Kier alpha value is -1.30. The largest absolute Gasteiger partial charge is 0.369 e. The summed E-state index contributed by atoms with van der Waals surface area (Å²) in [5, 5.41) is 0. The van der Waals surface area contributed by atoms with Crippen LogP contribution in [0.2, 0.25) is 0 Å². The molecule has 6 bridgehead atoms. The zero-order valence-corrected chi connectivity index (χ0v) is 15.2. The average Bonchev–Trinajstić information content (AvgIpc) is 2.89. The standard InChI is InChI=1S/C20H26O5/c1-6-9-18-10-25-20(24-5)16(18)14(12(3)21)15-11(2)7-8-13(18)19(15,23-4)17(20)22/h6,13-16H,1-2,7-10H2,3-5H3/t13-,14-,15+,16+,18-,19-,20-/m0/s1. The highest BCUT2D eigenvalue weighted by Crippen LogP contribution is 2.74. The molecule has 0 aromatic rings. The van der Waals surface area contributed by atoms with Gasteiger partial charge in [0, 0.05) is 43.3 Å². The predicted octanol–water partition coefficient (Wildman–Crippen LogP) is 2.31. The van der Waals surface area contributed by atoms with Crippen LogP contribution in [0.1, 0.15) is 26.2 Å². The molecule has 4 aliphatic carbocycles.